The summed E-state index contributed by atoms with van der Waals surface area (Å²) in [5.41, 5.74) is 1.20. The highest BCUT2D eigenvalue weighted by atomic mass is 32.3. The SMILES string of the molecule is CC1(C)O[C@@H]([C@H]2COC(C)(C)O2)[C@H]([C@@H]2C[C@H](n3cnc4c(N(S(C)(=O)=O)S(C)(=O)=O)ncnc43)ON2Cc2ccccc2)O1. The minimum Gasteiger partial charge on any atom is -0.348 e. The predicted octanol–water partition coefficient (Wildman–Crippen LogP) is 1.93. The maximum Gasteiger partial charge on any atom is 0.246 e. The second kappa shape index (κ2) is 10.9. The summed E-state index contributed by atoms with van der Waals surface area (Å²) in [5.74, 6) is -2.03. The fourth-order valence-corrected chi connectivity index (χ4v) is 8.87. The summed E-state index contributed by atoms with van der Waals surface area (Å²) >= 11 is 0. The van der Waals surface area contributed by atoms with Gasteiger partial charge >= 0.3 is 0 Å². The summed E-state index contributed by atoms with van der Waals surface area (Å²) in [5, 5.41) is 1.84. The molecular formula is C27H36N6O9S2. The Balaban J connectivity index is 1.37. The normalized spacial score (nSPS) is 29.0. The minimum absolute atomic E-state index is 0.0109. The van der Waals surface area contributed by atoms with Gasteiger partial charge in [0.15, 0.2) is 34.8 Å². The number of rotatable bonds is 8. The predicted molar refractivity (Wildman–Crippen MR) is 157 cm³/mol. The van der Waals surface area contributed by atoms with Crippen LogP contribution in [-0.2, 0) is 50.4 Å². The smallest absolute Gasteiger partial charge is 0.246 e. The average Bonchev–Trinajstić information content (AvgIpc) is 3.67. The van der Waals surface area contributed by atoms with E-state index in [9.17, 15) is 16.8 Å². The van der Waals surface area contributed by atoms with E-state index in [1.165, 1.54) is 6.33 Å². The second-order valence-corrected chi connectivity index (χ2v) is 16.0. The Kier molecular flexibility index (Phi) is 7.76. The number of benzene rings is 1. The van der Waals surface area contributed by atoms with Crippen molar-refractivity contribution < 1.29 is 40.6 Å². The van der Waals surface area contributed by atoms with Gasteiger partial charge in [-0.15, -0.1) is 3.71 Å². The molecule has 5 atom stereocenters. The highest BCUT2D eigenvalue weighted by Gasteiger charge is 2.55. The van der Waals surface area contributed by atoms with E-state index in [4.69, 9.17) is 23.8 Å². The highest BCUT2D eigenvalue weighted by Crippen LogP contribution is 2.43. The highest BCUT2D eigenvalue weighted by molar-refractivity contribution is 8.09. The number of imidazole rings is 1. The number of aromatic nitrogens is 4. The third kappa shape index (κ3) is 6.06. The molecule has 5 heterocycles. The van der Waals surface area contributed by atoms with Gasteiger partial charge in [0.2, 0.25) is 20.0 Å². The lowest BCUT2D eigenvalue weighted by Gasteiger charge is -2.31. The van der Waals surface area contributed by atoms with Crippen LogP contribution in [0.3, 0.4) is 0 Å². The molecule has 44 heavy (non-hydrogen) atoms. The number of fused-ring (bicyclic) bond motifs is 1. The lowest BCUT2D eigenvalue weighted by Crippen LogP contribution is -2.48. The van der Waals surface area contributed by atoms with Crippen LogP contribution in [0.4, 0.5) is 5.82 Å². The Bertz CT molecular complexity index is 1720. The lowest BCUT2D eigenvalue weighted by molar-refractivity contribution is -0.208. The van der Waals surface area contributed by atoms with Gasteiger partial charge in [0, 0.05) is 13.0 Å². The van der Waals surface area contributed by atoms with Gasteiger partial charge in [-0.1, -0.05) is 30.3 Å². The zero-order valence-electron chi connectivity index (χ0n) is 25.2. The molecule has 3 aliphatic heterocycles. The molecule has 6 rings (SSSR count). The first-order chi connectivity index (χ1) is 20.5. The van der Waals surface area contributed by atoms with Gasteiger partial charge in [0.25, 0.3) is 0 Å². The van der Waals surface area contributed by atoms with Crippen LogP contribution in [-0.4, -0.2) is 96.5 Å². The maximum atomic E-state index is 12.5. The van der Waals surface area contributed by atoms with Crippen LogP contribution in [0.1, 0.15) is 45.9 Å². The van der Waals surface area contributed by atoms with Gasteiger partial charge < -0.3 is 18.9 Å². The fourth-order valence-electron chi connectivity index (χ4n) is 6.01. The van der Waals surface area contributed by atoms with E-state index in [1.807, 2.05) is 63.1 Å². The molecule has 0 spiro atoms. The molecule has 3 aromatic rings. The number of hydrogen-bond donors (Lipinski definition) is 0. The first-order valence-electron chi connectivity index (χ1n) is 14.1. The number of hydrogen-bond acceptors (Lipinski definition) is 13. The molecular weight excluding hydrogens is 616 g/mol. The van der Waals surface area contributed by atoms with Gasteiger partial charge in [0.1, 0.15) is 24.6 Å². The molecule has 0 amide bonds. The molecule has 2 aromatic heterocycles. The van der Waals surface area contributed by atoms with Crippen molar-refractivity contribution in [3.63, 3.8) is 0 Å². The Labute approximate surface area is 256 Å². The molecule has 0 N–H and O–H groups in total. The Morgan fingerprint density at radius 1 is 0.909 bits per heavy atom. The van der Waals surface area contributed by atoms with E-state index in [0.29, 0.717) is 19.6 Å². The second-order valence-electron chi connectivity index (χ2n) is 12.1. The largest absolute Gasteiger partial charge is 0.348 e. The molecule has 0 bridgehead atoms. The monoisotopic (exact) mass is 652 g/mol. The van der Waals surface area contributed by atoms with Crippen LogP contribution in [0, 0.1) is 0 Å². The molecule has 3 fully saturated rings. The summed E-state index contributed by atoms with van der Waals surface area (Å²) < 4.78 is 76.8. The standard InChI is InChI=1S/C27H36N6O9S2/c1-26(2)38-14-19(39-26)23-22(40-27(3,4)41-23)18-12-20(42-32(18)13-17-10-8-7-9-11-17)31-16-30-21-24(31)28-15-29-25(21)33(43(5,34)35)44(6,36)37/h7-11,15-16,18-20,22-23H,12-14H2,1-6H3/t18-,19+,20+,22-,23-/m0/s1. The fraction of sp³-hybridized carbons (Fsp3) is 0.593. The van der Waals surface area contributed by atoms with Crippen LogP contribution in [0.25, 0.3) is 11.2 Å². The molecule has 3 saturated heterocycles. The molecule has 0 saturated carbocycles. The quantitative estimate of drug-likeness (QED) is 0.347. The summed E-state index contributed by atoms with van der Waals surface area (Å²) in [6.07, 6.45) is 2.51. The van der Waals surface area contributed by atoms with E-state index < -0.39 is 50.1 Å². The van der Waals surface area contributed by atoms with Crippen molar-refractivity contribution in [2.24, 2.45) is 0 Å². The topological polar surface area (TPSA) is 165 Å². The van der Waals surface area contributed by atoms with Crippen LogP contribution >= 0.6 is 0 Å². The number of sulfonamides is 2. The zero-order valence-corrected chi connectivity index (χ0v) is 26.9. The first kappa shape index (κ1) is 31.2. The van der Waals surface area contributed by atoms with Gasteiger partial charge in [-0.3, -0.25) is 9.40 Å². The van der Waals surface area contributed by atoms with Gasteiger partial charge in [-0.2, -0.15) is 5.06 Å². The van der Waals surface area contributed by atoms with Gasteiger partial charge in [-0.25, -0.2) is 31.8 Å². The van der Waals surface area contributed by atoms with Crippen LogP contribution < -0.4 is 3.71 Å². The average molecular weight is 653 g/mol. The Hall–Kier alpha value is -2.77. The summed E-state index contributed by atoms with van der Waals surface area (Å²) in [6, 6.07) is 9.49. The molecule has 0 radical (unpaired) electrons. The van der Waals surface area contributed by atoms with E-state index in [0.717, 1.165) is 24.4 Å². The number of hydroxylamine groups is 2. The van der Waals surface area contributed by atoms with Crippen molar-refractivity contribution >= 4 is 37.0 Å². The van der Waals surface area contributed by atoms with Gasteiger partial charge in [-0.05, 0) is 33.3 Å². The molecule has 240 valence electrons. The lowest BCUT2D eigenvalue weighted by atomic mass is 9.98. The molecule has 0 unspecified atom stereocenters. The van der Waals surface area contributed by atoms with Crippen molar-refractivity contribution in [2.45, 2.75) is 82.8 Å². The van der Waals surface area contributed by atoms with Crippen LogP contribution in [0.2, 0.25) is 0 Å². The zero-order chi connectivity index (χ0) is 31.7. The third-order valence-electron chi connectivity index (χ3n) is 7.62. The summed E-state index contributed by atoms with van der Waals surface area (Å²) in [6.45, 7) is 8.18. The van der Waals surface area contributed by atoms with Crippen LogP contribution in [0.5, 0.6) is 0 Å². The number of ether oxygens (including phenoxy) is 4. The summed E-state index contributed by atoms with van der Waals surface area (Å²) in [7, 11) is -8.52. The van der Waals surface area contributed by atoms with Crippen molar-refractivity contribution in [3.05, 3.63) is 48.5 Å². The minimum atomic E-state index is -4.26. The number of anilines is 1. The van der Waals surface area contributed by atoms with E-state index >= 15 is 0 Å². The molecule has 1 aromatic carbocycles. The maximum absolute atomic E-state index is 12.5. The van der Waals surface area contributed by atoms with Crippen molar-refractivity contribution in [3.8, 4) is 0 Å². The van der Waals surface area contributed by atoms with Crippen LogP contribution in [0.15, 0.2) is 43.0 Å². The molecule has 15 nitrogen and oxygen atoms in total. The third-order valence-corrected chi connectivity index (χ3v) is 10.8. The van der Waals surface area contributed by atoms with Crippen molar-refractivity contribution in [1.82, 2.24) is 24.6 Å². The Morgan fingerprint density at radius 3 is 2.23 bits per heavy atom. The summed E-state index contributed by atoms with van der Waals surface area (Å²) in [4.78, 5) is 19.2. The van der Waals surface area contributed by atoms with Crippen molar-refractivity contribution in [1.29, 1.82) is 0 Å². The first-order valence-corrected chi connectivity index (χ1v) is 17.7. The number of nitrogens with zero attached hydrogens (tertiary/aromatic N) is 6. The molecule has 17 heteroatoms. The molecule has 0 aliphatic carbocycles. The Morgan fingerprint density at radius 2 is 1.59 bits per heavy atom. The van der Waals surface area contributed by atoms with E-state index in [2.05, 4.69) is 15.0 Å². The molecule has 3 aliphatic rings. The van der Waals surface area contributed by atoms with Gasteiger partial charge in [0.05, 0.1) is 31.5 Å². The van der Waals surface area contributed by atoms with Crippen molar-refractivity contribution in [2.75, 3.05) is 22.8 Å². The van der Waals surface area contributed by atoms with E-state index in [1.54, 1.807) is 4.57 Å². The van der Waals surface area contributed by atoms with E-state index in [-0.39, 0.29) is 32.8 Å².